The number of nitrogens with zero attached hydrogens (tertiary/aromatic N) is 1. The summed E-state index contributed by atoms with van der Waals surface area (Å²) in [5, 5.41) is 10.9. The Balaban J connectivity index is 1.85. The second kappa shape index (κ2) is 7.57. The third kappa shape index (κ3) is 4.70. The summed E-state index contributed by atoms with van der Waals surface area (Å²) in [4.78, 5) is 10.3. The van der Waals surface area contributed by atoms with Gasteiger partial charge in [-0.1, -0.05) is 60.2 Å². The molecule has 0 bridgehead atoms. The molecule has 2 aromatic rings. The van der Waals surface area contributed by atoms with Gasteiger partial charge >= 0.3 is 0 Å². The summed E-state index contributed by atoms with van der Waals surface area (Å²) in [6.45, 7) is 0.739. The molecular formula is C16H14ClNO3. The van der Waals surface area contributed by atoms with Gasteiger partial charge in [-0.2, -0.15) is 0 Å². The highest BCUT2D eigenvalue weighted by atomic mass is 35.5. The number of rotatable bonds is 6. The Bertz CT molecular complexity index is 641. The highest BCUT2D eigenvalue weighted by molar-refractivity contribution is 6.32. The molecule has 0 spiro atoms. The molecule has 21 heavy (non-hydrogen) atoms. The van der Waals surface area contributed by atoms with Crippen LogP contribution in [0.3, 0.4) is 0 Å². The van der Waals surface area contributed by atoms with Gasteiger partial charge in [-0.15, -0.1) is 0 Å². The zero-order valence-electron chi connectivity index (χ0n) is 11.2. The largest absolute Gasteiger partial charge is 0.373 e. The van der Waals surface area contributed by atoms with E-state index in [0.29, 0.717) is 13.2 Å². The number of nitro groups is 1. The first-order chi connectivity index (χ1) is 10.2. The van der Waals surface area contributed by atoms with Gasteiger partial charge in [-0.25, -0.2) is 0 Å². The fourth-order valence-corrected chi connectivity index (χ4v) is 1.97. The summed E-state index contributed by atoms with van der Waals surface area (Å²) in [5.74, 6) is 0. The fraction of sp³-hybridized carbons (Fsp3) is 0.125. The number of hydrogen-bond acceptors (Lipinski definition) is 3. The Kier molecular flexibility index (Phi) is 5.49. The lowest BCUT2D eigenvalue weighted by Crippen LogP contribution is -1.95. The van der Waals surface area contributed by atoms with Crippen LogP contribution in [0.15, 0.2) is 54.6 Å². The highest BCUT2D eigenvalue weighted by Crippen LogP contribution is 2.25. The van der Waals surface area contributed by atoms with Gasteiger partial charge in [-0.05, 0) is 17.2 Å². The normalized spacial score (nSPS) is 10.9. The quantitative estimate of drug-likeness (QED) is 0.449. The molecule has 0 atom stereocenters. The van der Waals surface area contributed by atoms with Gasteiger partial charge in [0.05, 0.1) is 18.1 Å². The smallest absolute Gasteiger partial charge is 0.288 e. The summed E-state index contributed by atoms with van der Waals surface area (Å²) in [7, 11) is 0. The highest BCUT2D eigenvalue weighted by Gasteiger charge is 2.12. The van der Waals surface area contributed by atoms with Crippen LogP contribution in [0.4, 0.5) is 5.69 Å². The molecule has 4 nitrogen and oxygen atoms in total. The van der Waals surface area contributed by atoms with Crippen molar-refractivity contribution in [3.8, 4) is 0 Å². The van der Waals surface area contributed by atoms with Gasteiger partial charge in [0, 0.05) is 6.07 Å². The van der Waals surface area contributed by atoms with E-state index in [1.165, 1.54) is 12.1 Å². The van der Waals surface area contributed by atoms with Crippen molar-refractivity contribution in [2.24, 2.45) is 0 Å². The van der Waals surface area contributed by atoms with Crippen LogP contribution in [0.25, 0.3) is 6.08 Å². The monoisotopic (exact) mass is 303 g/mol. The lowest BCUT2D eigenvalue weighted by atomic mass is 10.2. The summed E-state index contributed by atoms with van der Waals surface area (Å²) in [5.41, 5.74) is 1.72. The first-order valence-electron chi connectivity index (χ1n) is 6.39. The van der Waals surface area contributed by atoms with Gasteiger partial charge in [0.15, 0.2) is 0 Å². The molecule has 0 aromatic heterocycles. The first-order valence-corrected chi connectivity index (χ1v) is 6.77. The minimum Gasteiger partial charge on any atom is -0.373 e. The maximum absolute atomic E-state index is 10.8. The van der Waals surface area contributed by atoms with Crippen LogP contribution in [0.5, 0.6) is 0 Å². The van der Waals surface area contributed by atoms with E-state index in [1.54, 1.807) is 6.07 Å². The van der Waals surface area contributed by atoms with Gasteiger partial charge in [0.1, 0.15) is 5.02 Å². The van der Waals surface area contributed by atoms with Crippen LogP contribution in [-0.2, 0) is 11.3 Å². The van der Waals surface area contributed by atoms with Crippen molar-refractivity contribution in [2.45, 2.75) is 6.61 Å². The second-order valence-electron chi connectivity index (χ2n) is 4.37. The van der Waals surface area contributed by atoms with E-state index in [1.807, 2.05) is 42.5 Å². The molecule has 0 N–H and O–H groups in total. The summed E-state index contributed by atoms with van der Waals surface area (Å²) >= 11 is 5.75. The molecule has 0 unspecified atom stereocenters. The predicted molar refractivity (Wildman–Crippen MR) is 83.2 cm³/mol. The Morgan fingerprint density at radius 2 is 1.95 bits per heavy atom. The Labute approximate surface area is 127 Å². The molecule has 0 heterocycles. The number of ether oxygens (including phenoxy) is 1. The second-order valence-corrected chi connectivity index (χ2v) is 4.78. The maximum atomic E-state index is 10.8. The van der Waals surface area contributed by atoms with Gasteiger partial charge in [0.25, 0.3) is 5.69 Å². The van der Waals surface area contributed by atoms with E-state index in [-0.39, 0.29) is 10.7 Å². The SMILES string of the molecule is O=[N+]([O-])c1cc(COC/C=C/c2ccccc2)ccc1Cl. The topological polar surface area (TPSA) is 52.4 Å². The molecule has 5 heteroatoms. The van der Waals surface area contributed by atoms with E-state index in [4.69, 9.17) is 16.3 Å². The minimum atomic E-state index is -0.499. The standard InChI is InChI=1S/C16H14ClNO3/c17-15-9-8-14(11-16(15)18(19)20)12-21-10-4-7-13-5-2-1-3-6-13/h1-9,11H,10,12H2/b7-4+. The molecule has 0 saturated carbocycles. The first kappa shape index (κ1) is 15.2. The van der Waals surface area contributed by atoms with Crippen molar-refractivity contribution in [1.29, 1.82) is 0 Å². The van der Waals surface area contributed by atoms with Crippen molar-refractivity contribution in [3.05, 3.63) is 80.9 Å². The zero-order valence-corrected chi connectivity index (χ0v) is 12.0. The average Bonchev–Trinajstić information content (AvgIpc) is 2.49. The minimum absolute atomic E-state index is 0.0994. The number of nitro benzene ring substituents is 1. The Morgan fingerprint density at radius 1 is 1.19 bits per heavy atom. The van der Waals surface area contributed by atoms with E-state index in [0.717, 1.165) is 11.1 Å². The zero-order chi connectivity index (χ0) is 15.1. The molecule has 0 aliphatic rings. The maximum Gasteiger partial charge on any atom is 0.288 e. The summed E-state index contributed by atoms with van der Waals surface area (Å²) in [6, 6.07) is 14.6. The molecule has 0 amide bonds. The van der Waals surface area contributed by atoms with Gasteiger partial charge in [0.2, 0.25) is 0 Å². The summed E-state index contributed by atoms with van der Waals surface area (Å²) in [6.07, 6.45) is 3.87. The van der Waals surface area contributed by atoms with Crippen LogP contribution in [-0.4, -0.2) is 11.5 Å². The van der Waals surface area contributed by atoms with Crippen LogP contribution in [0.1, 0.15) is 11.1 Å². The molecule has 108 valence electrons. The Morgan fingerprint density at radius 3 is 2.67 bits per heavy atom. The number of halogens is 1. The lowest BCUT2D eigenvalue weighted by Gasteiger charge is -2.02. The van der Waals surface area contributed by atoms with Crippen LogP contribution >= 0.6 is 11.6 Å². The third-order valence-corrected chi connectivity index (χ3v) is 3.12. The van der Waals surface area contributed by atoms with Crippen molar-refractivity contribution in [1.82, 2.24) is 0 Å². The molecular weight excluding hydrogens is 290 g/mol. The van der Waals surface area contributed by atoms with Crippen molar-refractivity contribution in [2.75, 3.05) is 6.61 Å². The van der Waals surface area contributed by atoms with Crippen molar-refractivity contribution < 1.29 is 9.66 Å². The van der Waals surface area contributed by atoms with Crippen molar-refractivity contribution >= 4 is 23.4 Å². The lowest BCUT2D eigenvalue weighted by molar-refractivity contribution is -0.384. The van der Waals surface area contributed by atoms with E-state index in [9.17, 15) is 10.1 Å². The number of benzene rings is 2. The van der Waals surface area contributed by atoms with Crippen molar-refractivity contribution in [3.63, 3.8) is 0 Å². The molecule has 2 rings (SSSR count). The van der Waals surface area contributed by atoms with Gasteiger partial charge < -0.3 is 4.74 Å². The van der Waals surface area contributed by atoms with E-state index in [2.05, 4.69) is 0 Å². The van der Waals surface area contributed by atoms with Crippen LogP contribution in [0.2, 0.25) is 5.02 Å². The molecule has 2 aromatic carbocycles. The molecule has 0 saturated heterocycles. The third-order valence-electron chi connectivity index (χ3n) is 2.80. The van der Waals surface area contributed by atoms with E-state index < -0.39 is 4.92 Å². The molecule has 0 fully saturated rings. The Hall–Kier alpha value is -2.17. The molecule has 0 aliphatic carbocycles. The fourth-order valence-electron chi connectivity index (χ4n) is 1.78. The molecule has 0 aliphatic heterocycles. The predicted octanol–water partition coefficient (Wildman–Crippen LogP) is 4.48. The van der Waals surface area contributed by atoms with Crippen LogP contribution in [0, 0.1) is 10.1 Å². The van der Waals surface area contributed by atoms with E-state index >= 15 is 0 Å². The van der Waals surface area contributed by atoms with Gasteiger partial charge in [-0.3, -0.25) is 10.1 Å². The molecule has 0 radical (unpaired) electrons. The summed E-state index contributed by atoms with van der Waals surface area (Å²) < 4.78 is 5.46. The average molecular weight is 304 g/mol. The van der Waals surface area contributed by atoms with Crippen LogP contribution < -0.4 is 0 Å². The number of hydrogen-bond donors (Lipinski definition) is 0.